The van der Waals surface area contributed by atoms with Crippen molar-refractivity contribution in [1.82, 2.24) is 4.90 Å². The van der Waals surface area contributed by atoms with E-state index in [9.17, 15) is 18.0 Å². The zero-order valence-electron chi connectivity index (χ0n) is 18.0. The summed E-state index contributed by atoms with van der Waals surface area (Å²) in [6.45, 7) is 3.95. The van der Waals surface area contributed by atoms with Crippen LogP contribution < -0.4 is 14.2 Å². The van der Waals surface area contributed by atoms with Crippen LogP contribution in [0.5, 0.6) is 17.2 Å². The Balaban J connectivity index is 2.80. The number of carbonyl (C=O) groups excluding carboxylic acids is 1. The van der Waals surface area contributed by atoms with Crippen LogP contribution in [0.4, 0.5) is 13.2 Å². The molecule has 0 saturated heterocycles. The van der Waals surface area contributed by atoms with Crippen molar-refractivity contribution in [1.29, 1.82) is 0 Å². The molecule has 1 aromatic rings. The van der Waals surface area contributed by atoms with Crippen molar-refractivity contribution in [2.24, 2.45) is 9.98 Å². The van der Waals surface area contributed by atoms with Gasteiger partial charge in [-0.2, -0.15) is 23.2 Å². The predicted octanol–water partition coefficient (Wildman–Crippen LogP) is 2.62. The molecule has 0 spiro atoms. The van der Waals surface area contributed by atoms with Crippen LogP contribution in [0, 0.1) is 0 Å². The Hall–Kier alpha value is -3.18. The second-order valence-corrected chi connectivity index (χ2v) is 6.16. The summed E-state index contributed by atoms with van der Waals surface area (Å²) in [6.07, 6.45) is -5.20. The molecule has 31 heavy (non-hydrogen) atoms. The van der Waals surface area contributed by atoms with Crippen LogP contribution in [0.25, 0.3) is 0 Å². The van der Waals surface area contributed by atoms with Crippen LogP contribution >= 0.6 is 0 Å². The van der Waals surface area contributed by atoms with E-state index < -0.39 is 29.7 Å². The van der Waals surface area contributed by atoms with Gasteiger partial charge in [0.1, 0.15) is 0 Å². The van der Waals surface area contributed by atoms with Gasteiger partial charge >= 0.3 is 17.8 Å². The van der Waals surface area contributed by atoms with Gasteiger partial charge in [-0.25, -0.2) is 4.79 Å². The van der Waals surface area contributed by atoms with Gasteiger partial charge in [-0.3, -0.25) is 0 Å². The molecule has 0 fully saturated rings. The van der Waals surface area contributed by atoms with Crippen molar-refractivity contribution in [3.8, 4) is 17.2 Å². The predicted molar refractivity (Wildman–Crippen MR) is 105 cm³/mol. The molecule has 1 atom stereocenters. The number of rotatable bonds is 7. The Morgan fingerprint density at radius 1 is 1.03 bits per heavy atom. The molecule has 1 aliphatic rings. The molecule has 172 valence electrons. The molecule has 0 unspecified atom stereocenters. The first-order valence-corrected chi connectivity index (χ1v) is 9.20. The van der Waals surface area contributed by atoms with Gasteiger partial charge in [0.25, 0.3) is 6.02 Å². The highest BCUT2D eigenvalue weighted by Crippen LogP contribution is 2.42. The maximum Gasteiger partial charge on any atom is 0.446 e. The van der Waals surface area contributed by atoms with E-state index in [0.717, 1.165) is 7.11 Å². The van der Waals surface area contributed by atoms with Crippen molar-refractivity contribution in [3.63, 3.8) is 0 Å². The number of alkyl halides is 3. The highest BCUT2D eigenvalue weighted by molar-refractivity contribution is 6.06. The molecule has 1 aromatic carbocycles. The molecule has 0 N–H and O–H groups in total. The Bertz CT molecular complexity index is 858. The summed E-state index contributed by atoms with van der Waals surface area (Å²) in [5, 5.41) is 0. The molecule has 0 aromatic heterocycles. The third-order valence-corrected chi connectivity index (χ3v) is 4.52. The summed E-state index contributed by atoms with van der Waals surface area (Å²) in [6, 6.07) is 2.28. The minimum atomic E-state index is -5.20. The molecule has 12 heteroatoms. The van der Waals surface area contributed by atoms with Crippen molar-refractivity contribution in [2.45, 2.75) is 25.7 Å². The van der Waals surface area contributed by atoms with E-state index in [1.54, 1.807) is 13.8 Å². The standard InChI is InChI=1S/C19H24F3N3O6/c1-7-25(8-2)17-24-18(16(26)30-6,19(20,21)22)23-15(31-17)11-9-12(27-3)14(29-5)13(10-11)28-4/h9-10H,7-8H2,1-6H3/t18-/m0/s1. The van der Waals surface area contributed by atoms with Crippen molar-refractivity contribution < 1.29 is 41.7 Å². The lowest BCUT2D eigenvalue weighted by molar-refractivity contribution is -0.202. The summed E-state index contributed by atoms with van der Waals surface area (Å²) in [5.41, 5.74) is -3.49. The number of carbonyl (C=O) groups is 1. The molecule has 0 saturated carbocycles. The Kier molecular flexibility index (Phi) is 7.24. The van der Waals surface area contributed by atoms with Gasteiger partial charge in [0.15, 0.2) is 11.5 Å². The van der Waals surface area contributed by atoms with Crippen molar-refractivity contribution in [2.75, 3.05) is 41.5 Å². The van der Waals surface area contributed by atoms with Gasteiger partial charge in [-0.05, 0) is 26.0 Å². The van der Waals surface area contributed by atoms with Gasteiger partial charge in [-0.1, -0.05) is 0 Å². The van der Waals surface area contributed by atoms with Crippen LogP contribution in [0.15, 0.2) is 22.1 Å². The van der Waals surface area contributed by atoms with E-state index in [1.807, 2.05) is 0 Å². The average Bonchev–Trinajstić information content (AvgIpc) is 2.77. The number of esters is 1. The van der Waals surface area contributed by atoms with E-state index in [2.05, 4.69) is 14.7 Å². The molecule has 9 nitrogen and oxygen atoms in total. The van der Waals surface area contributed by atoms with E-state index in [-0.39, 0.29) is 35.9 Å². The Morgan fingerprint density at radius 3 is 1.97 bits per heavy atom. The lowest BCUT2D eigenvalue weighted by atomic mass is 10.1. The second kappa shape index (κ2) is 9.31. The van der Waals surface area contributed by atoms with Gasteiger partial charge < -0.3 is 28.6 Å². The molecule has 0 aliphatic carbocycles. The molecule has 2 rings (SSSR count). The van der Waals surface area contributed by atoms with Gasteiger partial charge in [0.05, 0.1) is 28.4 Å². The number of methoxy groups -OCH3 is 4. The Morgan fingerprint density at radius 2 is 1.58 bits per heavy atom. The van der Waals surface area contributed by atoms with E-state index in [1.165, 1.54) is 38.4 Å². The van der Waals surface area contributed by atoms with Crippen LogP contribution in [-0.2, 0) is 14.3 Å². The van der Waals surface area contributed by atoms with Crippen molar-refractivity contribution in [3.05, 3.63) is 17.7 Å². The number of hydrogen-bond acceptors (Lipinski definition) is 9. The number of hydrogen-bond donors (Lipinski definition) is 0. The number of benzene rings is 1. The summed E-state index contributed by atoms with van der Waals surface area (Å²) in [4.78, 5) is 20.8. The fraction of sp³-hybridized carbons (Fsp3) is 0.526. The number of nitrogens with zero attached hydrogens (tertiary/aromatic N) is 3. The first-order chi connectivity index (χ1) is 14.6. The summed E-state index contributed by atoms with van der Waals surface area (Å²) in [7, 11) is 4.90. The fourth-order valence-electron chi connectivity index (χ4n) is 2.88. The second-order valence-electron chi connectivity index (χ2n) is 6.16. The lowest BCUT2D eigenvalue weighted by Gasteiger charge is -2.33. The van der Waals surface area contributed by atoms with Gasteiger partial charge in [-0.15, -0.1) is 0 Å². The monoisotopic (exact) mass is 447 g/mol. The topological polar surface area (TPSA) is 91.2 Å². The number of ether oxygens (including phenoxy) is 5. The fourth-order valence-corrected chi connectivity index (χ4v) is 2.88. The molecule has 1 heterocycles. The molecule has 0 amide bonds. The first kappa shape index (κ1) is 24.1. The van der Waals surface area contributed by atoms with Crippen LogP contribution in [0.2, 0.25) is 0 Å². The normalized spacial score (nSPS) is 18.4. The van der Waals surface area contributed by atoms with Crippen LogP contribution in [0.3, 0.4) is 0 Å². The minimum Gasteiger partial charge on any atom is -0.493 e. The van der Waals surface area contributed by atoms with E-state index in [4.69, 9.17) is 18.9 Å². The molecule has 0 bridgehead atoms. The van der Waals surface area contributed by atoms with Gasteiger partial charge in [0.2, 0.25) is 11.6 Å². The number of aliphatic imine (C=N–C) groups is 2. The largest absolute Gasteiger partial charge is 0.493 e. The minimum absolute atomic E-state index is 0.0478. The number of amidine groups is 1. The number of halogens is 3. The van der Waals surface area contributed by atoms with E-state index in [0.29, 0.717) is 0 Å². The smallest absolute Gasteiger partial charge is 0.446 e. The third kappa shape index (κ3) is 4.32. The maximum absolute atomic E-state index is 14.1. The maximum atomic E-state index is 14.1. The quantitative estimate of drug-likeness (QED) is 0.594. The zero-order valence-corrected chi connectivity index (χ0v) is 18.0. The molecule has 1 aliphatic heterocycles. The summed E-state index contributed by atoms with van der Waals surface area (Å²) in [5.74, 6) is -1.67. The zero-order chi connectivity index (χ0) is 23.4. The summed E-state index contributed by atoms with van der Waals surface area (Å²) >= 11 is 0. The van der Waals surface area contributed by atoms with E-state index >= 15 is 0 Å². The summed E-state index contributed by atoms with van der Waals surface area (Å²) < 4.78 is 68.1. The highest BCUT2D eigenvalue weighted by Gasteiger charge is 2.65. The molecule has 0 radical (unpaired) electrons. The highest BCUT2D eigenvalue weighted by atomic mass is 19.4. The average molecular weight is 447 g/mol. The molecular formula is C19H24F3N3O6. The van der Waals surface area contributed by atoms with Gasteiger partial charge in [0, 0.05) is 18.7 Å². The Labute approximate surface area is 177 Å². The van der Waals surface area contributed by atoms with Crippen LogP contribution in [0.1, 0.15) is 19.4 Å². The third-order valence-electron chi connectivity index (χ3n) is 4.52. The van der Waals surface area contributed by atoms with Crippen LogP contribution in [-0.4, -0.2) is 76.2 Å². The van der Waals surface area contributed by atoms with Crippen molar-refractivity contribution >= 4 is 17.9 Å². The first-order valence-electron chi connectivity index (χ1n) is 9.20. The SMILES string of the molecule is CCN(CC)C1=N[C@@](C(=O)OC)(C(F)(F)F)N=C(c2cc(OC)c(OC)c(OC)c2)O1. The lowest BCUT2D eigenvalue weighted by Crippen LogP contribution is -2.54. The molecular weight excluding hydrogens is 423 g/mol.